The molecular weight excluding hydrogens is 490 g/mol. The van der Waals surface area contributed by atoms with Crippen LogP contribution in [0.2, 0.25) is 0 Å². The van der Waals surface area contributed by atoms with Gasteiger partial charge in [-0.15, -0.1) is 5.92 Å². The molecule has 1 saturated heterocycles. The number of benzene rings is 1. The van der Waals surface area contributed by atoms with E-state index in [9.17, 15) is 22.8 Å². The number of alkyl carbamates (subject to hydrolysis) is 1. The first-order chi connectivity index (χ1) is 16.9. The number of amides is 2. The summed E-state index contributed by atoms with van der Waals surface area (Å²) in [7, 11) is -4.09. The highest BCUT2D eigenvalue weighted by Gasteiger charge is 2.42. The number of ether oxygens (including phenoxy) is 3. The number of carbonyl (C=O) groups is 3. The molecule has 0 radical (unpaired) electrons. The van der Waals surface area contributed by atoms with Gasteiger partial charge in [0.1, 0.15) is 30.5 Å². The second-order valence-electron chi connectivity index (χ2n) is 8.77. The molecule has 1 aliphatic heterocycles. The number of nitrogens with zero attached hydrogens (tertiary/aromatic N) is 2. The summed E-state index contributed by atoms with van der Waals surface area (Å²) in [5, 5.41) is 2.38. The predicted molar refractivity (Wildman–Crippen MR) is 131 cm³/mol. The van der Waals surface area contributed by atoms with Gasteiger partial charge in [0, 0.05) is 19.6 Å². The summed E-state index contributed by atoms with van der Waals surface area (Å²) in [6, 6.07) is 4.53. The number of esters is 1. The van der Waals surface area contributed by atoms with Crippen LogP contribution in [0, 0.1) is 11.8 Å². The molecule has 0 aliphatic carbocycles. The standard InChI is InChI=1S/C24H33N3O8S/c1-6-8-15-34-18-9-11-19(12-10-18)36(31,32)27-14-13-26(17-20(27)22(29)33-7-2)21(28)16-25-23(30)35-24(3,4)5/h9-12,20H,7,13-17H2,1-5H3,(H,25,30). The summed E-state index contributed by atoms with van der Waals surface area (Å²) in [6.07, 6.45) is -0.756. The van der Waals surface area contributed by atoms with E-state index in [2.05, 4.69) is 17.2 Å². The summed E-state index contributed by atoms with van der Waals surface area (Å²) in [4.78, 5) is 38.5. The first-order valence-electron chi connectivity index (χ1n) is 11.4. The molecule has 1 heterocycles. The largest absolute Gasteiger partial charge is 0.481 e. The maximum absolute atomic E-state index is 13.4. The van der Waals surface area contributed by atoms with E-state index in [0.29, 0.717) is 5.75 Å². The topological polar surface area (TPSA) is 132 Å². The number of nitrogens with one attached hydrogen (secondary N) is 1. The molecule has 1 aromatic rings. The third-order valence-corrected chi connectivity index (χ3v) is 6.87. The lowest BCUT2D eigenvalue weighted by molar-refractivity contribution is -0.151. The molecule has 0 aromatic heterocycles. The minimum absolute atomic E-state index is 0.0286. The maximum atomic E-state index is 13.4. The Kier molecular flexibility index (Phi) is 10.1. The lowest BCUT2D eigenvalue weighted by Crippen LogP contribution is -2.60. The molecule has 2 amide bonds. The van der Waals surface area contributed by atoms with Gasteiger partial charge in [0.25, 0.3) is 0 Å². The van der Waals surface area contributed by atoms with Crippen molar-refractivity contribution in [2.75, 3.05) is 39.4 Å². The van der Waals surface area contributed by atoms with Gasteiger partial charge in [0.2, 0.25) is 15.9 Å². The average molecular weight is 524 g/mol. The van der Waals surface area contributed by atoms with E-state index in [1.54, 1.807) is 34.6 Å². The molecule has 1 N–H and O–H groups in total. The molecule has 1 atom stereocenters. The van der Waals surface area contributed by atoms with E-state index in [-0.39, 0.29) is 44.3 Å². The van der Waals surface area contributed by atoms with E-state index in [4.69, 9.17) is 14.2 Å². The number of carbonyl (C=O) groups excluding carboxylic acids is 3. The second-order valence-corrected chi connectivity index (χ2v) is 10.7. The lowest BCUT2D eigenvalue weighted by atomic mass is 10.2. The Morgan fingerprint density at radius 1 is 1.14 bits per heavy atom. The van der Waals surface area contributed by atoms with E-state index < -0.39 is 39.6 Å². The first kappa shape index (κ1) is 28.9. The van der Waals surface area contributed by atoms with E-state index in [1.807, 2.05) is 0 Å². The highest BCUT2D eigenvalue weighted by Crippen LogP contribution is 2.24. The summed E-state index contributed by atoms with van der Waals surface area (Å²) >= 11 is 0. The quantitative estimate of drug-likeness (QED) is 0.399. The molecule has 1 unspecified atom stereocenters. The Morgan fingerprint density at radius 2 is 1.81 bits per heavy atom. The van der Waals surface area contributed by atoms with Gasteiger partial charge in [-0.1, -0.05) is 5.92 Å². The SMILES string of the molecule is CC#CCOc1ccc(S(=O)(=O)N2CCN(C(=O)CNC(=O)OC(C)(C)C)CC2C(=O)OCC)cc1. The van der Waals surface area contributed by atoms with Crippen molar-refractivity contribution in [2.45, 2.75) is 51.2 Å². The van der Waals surface area contributed by atoms with Gasteiger partial charge in [-0.3, -0.25) is 9.59 Å². The molecule has 0 bridgehead atoms. The molecule has 198 valence electrons. The highest BCUT2D eigenvalue weighted by molar-refractivity contribution is 7.89. The zero-order valence-electron chi connectivity index (χ0n) is 21.2. The van der Waals surface area contributed by atoms with Crippen molar-refractivity contribution >= 4 is 28.0 Å². The number of sulfonamides is 1. The Bertz CT molecular complexity index is 1100. The summed E-state index contributed by atoms with van der Waals surface area (Å²) in [5.74, 6) is 4.65. The molecule has 1 fully saturated rings. The van der Waals surface area contributed by atoms with E-state index >= 15 is 0 Å². The van der Waals surface area contributed by atoms with Gasteiger partial charge < -0.3 is 24.4 Å². The summed E-state index contributed by atoms with van der Waals surface area (Å²) in [5.41, 5.74) is -0.726. The monoisotopic (exact) mass is 523 g/mol. The fourth-order valence-electron chi connectivity index (χ4n) is 3.32. The van der Waals surface area contributed by atoms with Crippen LogP contribution in [0.4, 0.5) is 4.79 Å². The van der Waals surface area contributed by atoms with E-state index in [1.165, 1.54) is 29.2 Å². The van der Waals surface area contributed by atoms with Crippen molar-refractivity contribution in [1.82, 2.24) is 14.5 Å². The third-order valence-electron chi connectivity index (χ3n) is 4.94. The van der Waals surface area contributed by atoms with Crippen molar-refractivity contribution in [1.29, 1.82) is 0 Å². The van der Waals surface area contributed by atoms with Crippen LogP contribution in [0.3, 0.4) is 0 Å². The minimum Gasteiger partial charge on any atom is -0.481 e. The van der Waals surface area contributed by atoms with E-state index in [0.717, 1.165) is 4.31 Å². The van der Waals surface area contributed by atoms with Crippen LogP contribution in [-0.2, 0) is 29.1 Å². The van der Waals surface area contributed by atoms with Crippen molar-refractivity contribution in [3.8, 4) is 17.6 Å². The van der Waals surface area contributed by atoms with Gasteiger partial charge in [-0.25, -0.2) is 13.2 Å². The van der Waals surface area contributed by atoms with Crippen LogP contribution in [0.1, 0.15) is 34.6 Å². The molecule has 0 saturated carbocycles. The number of rotatable bonds is 8. The lowest BCUT2D eigenvalue weighted by Gasteiger charge is -2.39. The predicted octanol–water partition coefficient (Wildman–Crippen LogP) is 1.38. The fourth-order valence-corrected chi connectivity index (χ4v) is 4.88. The maximum Gasteiger partial charge on any atom is 0.408 e. The van der Waals surface area contributed by atoms with Crippen molar-refractivity contribution in [2.24, 2.45) is 0 Å². The Morgan fingerprint density at radius 3 is 2.39 bits per heavy atom. The molecular formula is C24H33N3O8S. The minimum atomic E-state index is -4.09. The van der Waals surface area contributed by atoms with Crippen molar-refractivity contribution in [3.05, 3.63) is 24.3 Å². The second kappa shape index (κ2) is 12.6. The summed E-state index contributed by atoms with van der Waals surface area (Å²) in [6.45, 7) is 7.91. The van der Waals surface area contributed by atoms with Gasteiger partial charge in [-0.05, 0) is 58.9 Å². The summed E-state index contributed by atoms with van der Waals surface area (Å²) < 4.78 is 43.4. The zero-order valence-corrected chi connectivity index (χ0v) is 22.0. The highest BCUT2D eigenvalue weighted by atomic mass is 32.2. The zero-order chi connectivity index (χ0) is 26.9. The van der Waals surface area contributed by atoms with Crippen LogP contribution in [0.15, 0.2) is 29.2 Å². The van der Waals surface area contributed by atoms with Gasteiger partial charge in [0.15, 0.2) is 0 Å². The van der Waals surface area contributed by atoms with Crippen LogP contribution >= 0.6 is 0 Å². The van der Waals surface area contributed by atoms with Crippen molar-refractivity contribution < 1.29 is 37.0 Å². The Hall–Kier alpha value is -3.30. The van der Waals surface area contributed by atoms with Crippen LogP contribution in [0.25, 0.3) is 0 Å². The Labute approximate surface area is 212 Å². The smallest absolute Gasteiger partial charge is 0.408 e. The molecule has 36 heavy (non-hydrogen) atoms. The number of piperazine rings is 1. The first-order valence-corrected chi connectivity index (χ1v) is 12.9. The normalized spacial score (nSPS) is 16.4. The number of hydrogen-bond donors (Lipinski definition) is 1. The van der Waals surface area contributed by atoms with Gasteiger partial charge in [-0.2, -0.15) is 4.31 Å². The van der Waals surface area contributed by atoms with Gasteiger partial charge in [0.05, 0.1) is 11.5 Å². The molecule has 11 nitrogen and oxygen atoms in total. The van der Waals surface area contributed by atoms with Crippen LogP contribution in [0.5, 0.6) is 5.75 Å². The molecule has 12 heteroatoms. The van der Waals surface area contributed by atoms with Crippen LogP contribution in [-0.4, -0.2) is 86.6 Å². The fraction of sp³-hybridized carbons (Fsp3) is 0.542. The molecule has 1 aromatic carbocycles. The Balaban J connectivity index is 2.15. The number of hydrogen-bond acceptors (Lipinski definition) is 8. The van der Waals surface area contributed by atoms with Crippen LogP contribution < -0.4 is 10.1 Å². The van der Waals surface area contributed by atoms with Crippen molar-refractivity contribution in [3.63, 3.8) is 0 Å². The molecule has 2 rings (SSSR count). The third kappa shape index (κ3) is 8.13. The molecule has 1 aliphatic rings. The average Bonchev–Trinajstić information content (AvgIpc) is 2.81. The van der Waals surface area contributed by atoms with Gasteiger partial charge >= 0.3 is 12.1 Å². The molecule has 0 spiro atoms.